The molecule has 2 aliphatic rings. The van der Waals surface area contributed by atoms with Gasteiger partial charge in [-0.15, -0.1) is 0 Å². The van der Waals surface area contributed by atoms with Crippen LogP contribution in [0.25, 0.3) is 0 Å². The Morgan fingerprint density at radius 1 is 1.15 bits per heavy atom. The largest absolute Gasteiger partial charge is 0.467 e. The van der Waals surface area contributed by atoms with Gasteiger partial charge in [-0.25, -0.2) is 4.79 Å². The zero-order chi connectivity index (χ0) is 19.4. The smallest absolute Gasteiger partial charge is 0.331 e. The molecule has 1 aliphatic heterocycles. The molecule has 0 aromatic heterocycles. The van der Waals surface area contributed by atoms with Gasteiger partial charge in [0.05, 0.1) is 7.11 Å². The molecule has 0 atom stereocenters. The fraction of sp³-hybridized carbons (Fsp3) is 0.571. The Morgan fingerprint density at radius 3 is 2.41 bits per heavy atom. The van der Waals surface area contributed by atoms with E-state index in [-0.39, 0.29) is 17.8 Å². The quantitative estimate of drug-likeness (QED) is 0.824. The van der Waals surface area contributed by atoms with Crippen molar-refractivity contribution in [2.24, 2.45) is 5.92 Å². The van der Waals surface area contributed by atoms with Gasteiger partial charge in [-0.05, 0) is 68.7 Å². The summed E-state index contributed by atoms with van der Waals surface area (Å²) >= 11 is 0. The lowest BCUT2D eigenvalue weighted by Gasteiger charge is -2.37. The third-order valence-corrected chi connectivity index (χ3v) is 5.82. The molecule has 1 heterocycles. The number of ether oxygens (including phenoxy) is 1. The molecule has 27 heavy (non-hydrogen) atoms. The van der Waals surface area contributed by atoms with Gasteiger partial charge in [0, 0.05) is 24.2 Å². The minimum Gasteiger partial charge on any atom is -0.467 e. The number of methoxy groups -OCH3 is 1. The van der Waals surface area contributed by atoms with Crippen LogP contribution in [0.1, 0.15) is 62.2 Å². The van der Waals surface area contributed by atoms with Crippen LogP contribution in [0.15, 0.2) is 24.3 Å². The third kappa shape index (κ3) is 4.15. The number of amides is 2. The monoisotopic (exact) mass is 372 g/mol. The van der Waals surface area contributed by atoms with Crippen molar-refractivity contribution in [1.82, 2.24) is 5.32 Å². The fourth-order valence-corrected chi connectivity index (χ4v) is 3.99. The van der Waals surface area contributed by atoms with E-state index >= 15 is 0 Å². The van der Waals surface area contributed by atoms with E-state index in [1.165, 1.54) is 7.11 Å². The van der Waals surface area contributed by atoms with E-state index in [9.17, 15) is 14.4 Å². The van der Waals surface area contributed by atoms with Gasteiger partial charge in [-0.1, -0.05) is 6.92 Å². The Morgan fingerprint density at radius 2 is 1.81 bits per heavy atom. The van der Waals surface area contributed by atoms with Crippen LogP contribution < -0.4 is 10.2 Å². The molecule has 1 N–H and O–H groups in total. The highest BCUT2D eigenvalue weighted by Crippen LogP contribution is 2.33. The molecule has 0 radical (unpaired) electrons. The summed E-state index contributed by atoms with van der Waals surface area (Å²) in [5, 5.41) is 2.93. The number of hydrogen-bond donors (Lipinski definition) is 1. The first-order chi connectivity index (χ1) is 12.9. The molecule has 3 rings (SSSR count). The molecule has 1 aliphatic carbocycles. The first-order valence-corrected chi connectivity index (χ1v) is 9.76. The standard InChI is InChI=1S/C21H28N2O4/c1-15-10-12-21(13-11-15,20(26)27-2)22-19(25)16-6-8-17(9-7-16)23-14-4-3-5-18(23)24/h6-9,15H,3-5,10-14H2,1-2H3,(H,22,25). The van der Waals surface area contributed by atoms with Crippen LogP contribution in [0.4, 0.5) is 5.69 Å². The topological polar surface area (TPSA) is 75.7 Å². The maximum Gasteiger partial charge on any atom is 0.331 e. The Kier molecular flexibility index (Phi) is 5.82. The lowest BCUT2D eigenvalue weighted by Crippen LogP contribution is -2.56. The lowest BCUT2D eigenvalue weighted by molar-refractivity contribution is -0.150. The van der Waals surface area contributed by atoms with Gasteiger partial charge in [0.15, 0.2) is 0 Å². The summed E-state index contributed by atoms with van der Waals surface area (Å²) in [6, 6.07) is 7.02. The summed E-state index contributed by atoms with van der Waals surface area (Å²) < 4.78 is 4.98. The molecule has 1 aromatic carbocycles. The third-order valence-electron chi connectivity index (χ3n) is 5.82. The number of nitrogens with zero attached hydrogens (tertiary/aromatic N) is 1. The molecular weight excluding hydrogens is 344 g/mol. The molecule has 0 spiro atoms. The zero-order valence-corrected chi connectivity index (χ0v) is 16.1. The molecule has 0 unspecified atom stereocenters. The summed E-state index contributed by atoms with van der Waals surface area (Å²) in [5.41, 5.74) is 0.343. The van der Waals surface area contributed by atoms with Crippen molar-refractivity contribution < 1.29 is 19.1 Å². The van der Waals surface area contributed by atoms with Crippen molar-refractivity contribution in [3.8, 4) is 0 Å². The van der Waals surface area contributed by atoms with E-state index in [0.717, 1.165) is 31.4 Å². The van der Waals surface area contributed by atoms with Gasteiger partial charge < -0.3 is 15.0 Å². The molecule has 1 aromatic rings. The molecule has 1 saturated carbocycles. The van der Waals surface area contributed by atoms with Crippen molar-refractivity contribution in [3.05, 3.63) is 29.8 Å². The Balaban J connectivity index is 1.72. The molecule has 2 fully saturated rings. The molecular formula is C21H28N2O4. The van der Waals surface area contributed by atoms with E-state index in [1.54, 1.807) is 29.2 Å². The minimum absolute atomic E-state index is 0.124. The van der Waals surface area contributed by atoms with Crippen LogP contribution in [0, 0.1) is 5.92 Å². The number of benzene rings is 1. The van der Waals surface area contributed by atoms with Crippen LogP contribution in [-0.4, -0.2) is 37.0 Å². The highest BCUT2D eigenvalue weighted by molar-refractivity contribution is 5.99. The maximum absolute atomic E-state index is 12.8. The minimum atomic E-state index is -0.945. The molecule has 6 heteroatoms. The van der Waals surface area contributed by atoms with Gasteiger partial charge >= 0.3 is 5.97 Å². The van der Waals surface area contributed by atoms with Crippen LogP contribution in [0.3, 0.4) is 0 Å². The predicted octanol–water partition coefficient (Wildman–Crippen LogP) is 3.06. The van der Waals surface area contributed by atoms with Crippen LogP contribution in [-0.2, 0) is 14.3 Å². The van der Waals surface area contributed by atoms with Gasteiger partial charge in [0.25, 0.3) is 5.91 Å². The summed E-state index contributed by atoms with van der Waals surface area (Å²) in [6.45, 7) is 2.87. The maximum atomic E-state index is 12.8. The summed E-state index contributed by atoms with van der Waals surface area (Å²) in [4.78, 5) is 39.0. The van der Waals surface area contributed by atoms with Crippen LogP contribution in [0.2, 0.25) is 0 Å². The van der Waals surface area contributed by atoms with Gasteiger partial charge in [-0.3, -0.25) is 9.59 Å². The molecule has 0 bridgehead atoms. The second-order valence-corrected chi connectivity index (χ2v) is 7.76. The Hall–Kier alpha value is -2.37. The number of carbonyl (C=O) groups excluding carboxylic acids is 3. The molecule has 2 amide bonds. The molecule has 146 valence electrons. The van der Waals surface area contributed by atoms with E-state index in [2.05, 4.69) is 12.2 Å². The number of esters is 1. The number of rotatable bonds is 4. The average Bonchev–Trinajstić information content (AvgIpc) is 2.69. The number of piperidine rings is 1. The summed E-state index contributed by atoms with van der Waals surface area (Å²) in [6.07, 6.45) is 5.44. The Labute approximate surface area is 160 Å². The highest BCUT2D eigenvalue weighted by atomic mass is 16.5. The van der Waals surface area contributed by atoms with E-state index in [1.807, 2.05) is 0 Å². The van der Waals surface area contributed by atoms with Gasteiger partial charge in [0.2, 0.25) is 5.91 Å². The van der Waals surface area contributed by atoms with E-state index < -0.39 is 5.54 Å². The predicted molar refractivity (Wildman–Crippen MR) is 102 cm³/mol. The van der Waals surface area contributed by atoms with Crippen molar-refractivity contribution in [2.75, 3.05) is 18.6 Å². The second-order valence-electron chi connectivity index (χ2n) is 7.76. The van der Waals surface area contributed by atoms with E-state index in [0.29, 0.717) is 37.3 Å². The van der Waals surface area contributed by atoms with Crippen molar-refractivity contribution in [2.45, 2.75) is 57.4 Å². The van der Waals surface area contributed by atoms with Gasteiger partial charge in [-0.2, -0.15) is 0 Å². The highest BCUT2D eigenvalue weighted by Gasteiger charge is 2.43. The normalized spacial score (nSPS) is 25.8. The zero-order valence-electron chi connectivity index (χ0n) is 16.1. The number of carbonyl (C=O) groups is 3. The SMILES string of the molecule is COC(=O)C1(NC(=O)c2ccc(N3CCCCC3=O)cc2)CCC(C)CC1. The van der Waals surface area contributed by atoms with Crippen LogP contribution in [0.5, 0.6) is 0 Å². The van der Waals surface area contributed by atoms with Crippen molar-refractivity contribution >= 4 is 23.5 Å². The number of nitrogens with one attached hydrogen (secondary N) is 1. The average molecular weight is 372 g/mol. The Bertz CT molecular complexity index is 705. The first-order valence-electron chi connectivity index (χ1n) is 9.76. The summed E-state index contributed by atoms with van der Waals surface area (Å²) in [7, 11) is 1.36. The van der Waals surface area contributed by atoms with Crippen molar-refractivity contribution in [1.29, 1.82) is 0 Å². The number of hydrogen-bond acceptors (Lipinski definition) is 4. The van der Waals surface area contributed by atoms with Crippen LogP contribution >= 0.6 is 0 Å². The summed E-state index contributed by atoms with van der Waals surface area (Å²) in [5.74, 6) is 0.00484. The van der Waals surface area contributed by atoms with E-state index in [4.69, 9.17) is 4.74 Å². The lowest BCUT2D eigenvalue weighted by atomic mass is 9.77. The number of anilines is 1. The van der Waals surface area contributed by atoms with Crippen molar-refractivity contribution in [3.63, 3.8) is 0 Å². The first kappa shape index (κ1) is 19.4. The molecule has 6 nitrogen and oxygen atoms in total. The van der Waals surface area contributed by atoms with Gasteiger partial charge in [0.1, 0.15) is 5.54 Å². The second kappa shape index (κ2) is 8.11. The fourth-order valence-electron chi connectivity index (χ4n) is 3.99. The molecule has 1 saturated heterocycles.